The third-order valence-electron chi connectivity index (χ3n) is 5.20. The summed E-state index contributed by atoms with van der Waals surface area (Å²) in [6.45, 7) is 16.4. The second-order valence-electron chi connectivity index (χ2n) is 10.3. The zero-order valence-corrected chi connectivity index (χ0v) is 21.7. The molecular formula is C25H39FO2Si2. The molecule has 2 aromatic carbocycles. The first-order valence-corrected chi connectivity index (χ1v) is 17.8. The molecule has 30 heavy (non-hydrogen) atoms. The number of rotatable bonds is 11. The fourth-order valence-electron chi connectivity index (χ4n) is 3.86. The van der Waals surface area contributed by atoms with Crippen molar-refractivity contribution < 1.29 is 13.2 Å². The lowest BCUT2D eigenvalue weighted by Crippen LogP contribution is -2.41. The van der Waals surface area contributed by atoms with E-state index in [1.165, 1.54) is 5.56 Å². The van der Waals surface area contributed by atoms with Crippen LogP contribution < -0.4 is 0 Å². The van der Waals surface area contributed by atoms with Gasteiger partial charge in [0.1, 0.15) is 5.82 Å². The molecule has 0 saturated carbocycles. The van der Waals surface area contributed by atoms with E-state index in [0.717, 1.165) is 25.0 Å². The fourth-order valence-corrected chi connectivity index (χ4v) is 5.87. The van der Waals surface area contributed by atoms with Gasteiger partial charge in [-0.05, 0) is 94.1 Å². The van der Waals surface area contributed by atoms with Gasteiger partial charge in [-0.15, -0.1) is 0 Å². The van der Waals surface area contributed by atoms with Crippen LogP contribution in [0.2, 0.25) is 39.3 Å². The lowest BCUT2D eigenvalue weighted by atomic mass is 9.80. The first kappa shape index (κ1) is 25.0. The number of halogens is 1. The molecule has 0 radical (unpaired) electrons. The lowest BCUT2D eigenvalue weighted by molar-refractivity contribution is 0.0757. The molecule has 3 atom stereocenters. The molecule has 0 aromatic heterocycles. The highest BCUT2D eigenvalue weighted by atomic mass is 28.4. The van der Waals surface area contributed by atoms with Gasteiger partial charge in [0.2, 0.25) is 0 Å². The maximum absolute atomic E-state index is 13.5. The molecule has 0 amide bonds. The van der Waals surface area contributed by atoms with Crippen molar-refractivity contribution in [2.75, 3.05) is 6.61 Å². The molecule has 166 valence electrons. The van der Waals surface area contributed by atoms with Crippen molar-refractivity contribution in [1.82, 2.24) is 0 Å². The average Bonchev–Trinajstić information content (AvgIpc) is 2.63. The Hall–Kier alpha value is -1.28. The SMILES string of the molecule is CC(O[Si](C)(C)C)C(Cc1ccc(F)cc1)C(CO[Si](C)(C)C)Cc1ccccc1. The standard InChI is InChI=1S/C25H39FO2Si2/c1-20(28-30(5,6)7)25(18-22-13-15-24(26)16-14-22)23(19-27-29(2,3)4)17-21-11-9-8-10-12-21/h8-16,20,23,25H,17-19H2,1-7H3. The number of hydrogen-bond donors (Lipinski definition) is 0. The second-order valence-corrected chi connectivity index (χ2v) is 19.3. The van der Waals surface area contributed by atoms with Gasteiger partial charge in [0, 0.05) is 12.7 Å². The van der Waals surface area contributed by atoms with E-state index in [0.29, 0.717) is 11.8 Å². The monoisotopic (exact) mass is 446 g/mol. The molecule has 2 nitrogen and oxygen atoms in total. The highest BCUT2D eigenvalue weighted by Crippen LogP contribution is 2.30. The molecule has 0 saturated heterocycles. The Morgan fingerprint density at radius 3 is 1.87 bits per heavy atom. The van der Waals surface area contributed by atoms with Gasteiger partial charge in [0.05, 0.1) is 0 Å². The van der Waals surface area contributed by atoms with Gasteiger partial charge in [-0.25, -0.2) is 4.39 Å². The maximum Gasteiger partial charge on any atom is 0.184 e. The van der Waals surface area contributed by atoms with Crippen LogP contribution in [0.3, 0.4) is 0 Å². The number of hydrogen-bond acceptors (Lipinski definition) is 2. The van der Waals surface area contributed by atoms with Gasteiger partial charge in [-0.3, -0.25) is 0 Å². The molecule has 0 bridgehead atoms. The largest absolute Gasteiger partial charge is 0.417 e. The Bertz CT molecular complexity index is 751. The van der Waals surface area contributed by atoms with Gasteiger partial charge in [0.15, 0.2) is 16.6 Å². The van der Waals surface area contributed by atoms with E-state index < -0.39 is 16.6 Å². The summed E-state index contributed by atoms with van der Waals surface area (Å²) in [5.41, 5.74) is 2.48. The molecule has 0 heterocycles. The Morgan fingerprint density at radius 2 is 1.33 bits per heavy atom. The highest BCUT2D eigenvalue weighted by molar-refractivity contribution is 6.70. The zero-order chi connectivity index (χ0) is 22.4. The fraction of sp³-hybridized carbons (Fsp3) is 0.520. The third-order valence-corrected chi connectivity index (χ3v) is 7.32. The quantitative estimate of drug-likeness (QED) is 0.348. The Labute approximate surface area is 185 Å². The van der Waals surface area contributed by atoms with Crippen LogP contribution in [-0.2, 0) is 21.7 Å². The predicted molar refractivity (Wildman–Crippen MR) is 130 cm³/mol. The third kappa shape index (κ3) is 9.25. The summed E-state index contributed by atoms with van der Waals surface area (Å²) in [5, 5.41) is 0. The van der Waals surface area contributed by atoms with Crippen LogP contribution in [0.1, 0.15) is 18.1 Å². The maximum atomic E-state index is 13.5. The number of benzene rings is 2. The summed E-state index contributed by atoms with van der Waals surface area (Å²) in [6, 6.07) is 17.6. The zero-order valence-electron chi connectivity index (χ0n) is 19.7. The molecule has 0 N–H and O–H groups in total. The summed E-state index contributed by atoms with van der Waals surface area (Å²) in [4.78, 5) is 0. The van der Waals surface area contributed by atoms with Crippen LogP contribution in [0.4, 0.5) is 4.39 Å². The van der Waals surface area contributed by atoms with Gasteiger partial charge in [-0.1, -0.05) is 42.5 Å². The highest BCUT2D eigenvalue weighted by Gasteiger charge is 2.32. The van der Waals surface area contributed by atoms with Crippen molar-refractivity contribution in [3.63, 3.8) is 0 Å². The second kappa shape index (κ2) is 10.8. The first-order valence-electron chi connectivity index (χ1n) is 11.0. The van der Waals surface area contributed by atoms with Crippen LogP contribution >= 0.6 is 0 Å². The molecule has 2 rings (SSSR count). The summed E-state index contributed by atoms with van der Waals surface area (Å²) >= 11 is 0. The van der Waals surface area contributed by atoms with Crippen molar-refractivity contribution >= 4 is 16.6 Å². The molecule has 0 aliphatic rings. The first-order chi connectivity index (χ1) is 13.9. The van der Waals surface area contributed by atoms with Crippen molar-refractivity contribution in [3.8, 4) is 0 Å². The topological polar surface area (TPSA) is 18.5 Å². The summed E-state index contributed by atoms with van der Waals surface area (Å²) in [7, 11) is -3.34. The van der Waals surface area contributed by atoms with E-state index in [1.807, 2.05) is 12.1 Å². The minimum atomic E-state index is -1.70. The molecule has 3 unspecified atom stereocenters. The molecule has 0 spiro atoms. The average molecular weight is 447 g/mol. The lowest BCUT2D eigenvalue weighted by Gasteiger charge is -2.37. The normalized spacial score (nSPS) is 15.6. The minimum absolute atomic E-state index is 0.112. The van der Waals surface area contributed by atoms with Crippen LogP contribution in [0.5, 0.6) is 0 Å². The van der Waals surface area contributed by atoms with E-state index in [1.54, 1.807) is 12.1 Å². The van der Waals surface area contributed by atoms with E-state index in [-0.39, 0.29) is 11.9 Å². The summed E-state index contributed by atoms with van der Waals surface area (Å²) in [5.74, 6) is 0.430. The summed E-state index contributed by atoms with van der Waals surface area (Å²) < 4.78 is 26.5. The molecule has 5 heteroatoms. The van der Waals surface area contributed by atoms with Crippen molar-refractivity contribution in [2.24, 2.45) is 11.8 Å². The Kier molecular flexibility index (Phi) is 9.03. The molecule has 0 aliphatic carbocycles. The molecule has 0 aliphatic heterocycles. The Morgan fingerprint density at radius 1 is 0.767 bits per heavy atom. The van der Waals surface area contributed by atoms with Crippen molar-refractivity contribution in [2.45, 2.75) is 65.2 Å². The predicted octanol–water partition coefficient (Wildman–Crippen LogP) is 6.93. The van der Waals surface area contributed by atoms with Gasteiger partial charge < -0.3 is 8.85 Å². The van der Waals surface area contributed by atoms with Gasteiger partial charge in [0.25, 0.3) is 0 Å². The van der Waals surface area contributed by atoms with Gasteiger partial charge in [-0.2, -0.15) is 0 Å². The van der Waals surface area contributed by atoms with Crippen LogP contribution in [0, 0.1) is 17.7 Å². The van der Waals surface area contributed by atoms with Crippen LogP contribution in [0.15, 0.2) is 54.6 Å². The molecular weight excluding hydrogens is 407 g/mol. The Balaban J connectivity index is 2.33. The van der Waals surface area contributed by atoms with E-state index in [9.17, 15) is 4.39 Å². The molecule has 0 fully saturated rings. The van der Waals surface area contributed by atoms with Crippen molar-refractivity contribution in [3.05, 3.63) is 71.5 Å². The minimum Gasteiger partial charge on any atom is -0.417 e. The van der Waals surface area contributed by atoms with Gasteiger partial charge >= 0.3 is 0 Å². The summed E-state index contributed by atoms with van der Waals surface area (Å²) in [6.07, 6.45) is 1.93. The van der Waals surface area contributed by atoms with Crippen LogP contribution in [0.25, 0.3) is 0 Å². The molecule has 2 aromatic rings. The van der Waals surface area contributed by atoms with E-state index in [2.05, 4.69) is 76.5 Å². The van der Waals surface area contributed by atoms with E-state index >= 15 is 0 Å². The van der Waals surface area contributed by atoms with E-state index in [4.69, 9.17) is 8.85 Å². The smallest absolute Gasteiger partial charge is 0.184 e. The van der Waals surface area contributed by atoms with Crippen molar-refractivity contribution in [1.29, 1.82) is 0 Å². The van der Waals surface area contributed by atoms with Crippen LogP contribution in [-0.4, -0.2) is 29.3 Å².